The highest BCUT2D eigenvalue weighted by Crippen LogP contribution is 2.26. The average Bonchev–Trinajstić information content (AvgIpc) is 3.27. The summed E-state index contributed by atoms with van der Waals surface area (Å²) in [6.45, 7) is 0. The van der Waals surface area contributed by atoms with Crippen LogP contribution in [0.1, 0.15) is 16.4 Å². The molecule has 0 radical (unpaired) electrons. The second-order valence-electron chi connectivity index (χ2n) is 4.62. The number of aromatic amines is 1. The molecule has 0 fully saturated rings. The fourth-order valence-corrected chi connectivity index (χ4v) is 1.86. The van der Waals surface area contributed by atoms with Crippen LogP contribution in [0.25, 0.3) is 5.76 Å². The highest BCUT2D eigenvalue weighted by Gasteiger charge is 2.13. The zero-order chi connectivity index (χ0) is 16.9. The van der Waals surface area contributed by atoms with E-state index in [1.807, 2.05) is 0 Å². The van der Waals surface area contributed by atoms with E-state index in [9.17, 15) is 9.90 Å². The maximum absolute atomic E-state index is 12.0. The molecule has 0 aliphatic carbocycles. The maximum Gasteiger partial charge on any atom is 0.290 e. The Morgan fingerprint density at radius 3 is 2.62 bits per heavy atom. The Kier molecular flexibility index (Phi) is 4.28. The minimum absolute atomic E-state index is 0.0181. The molecule has 0 bridgehead atoms. The molecule has 8 nitrogen and oxygen atoms in total. The monoisotopic (exact) mass is 327 g/mol. The Morgan fingerprint density at radius 1 is 1.21 bits per heavy atom. The second-order valence-corrected chi connectivity index (χ2v) is 4.62. The fraction of sp³-hybridized carbons (Fsp3) is 0.0625. The lowest BCUT2D eigenvalue weighted by Crippen LogP contribution is -1.95. The van der Waals surface area contributed by atoms with Gasteiger partial charge in [-0.2, -0.15) is 5.10 Å². The number of hydrogen-bond donors (Lipinski definition) is 2. The van der Waals surface area contributed by atoms with Gasteiger partial charge in [0.1, 0.15) is 17.8 Å². The van der Waals surface area contributed by atoms with Crippen LogP contribution in [-0.2, 0) is 0 Å². The first-order valence-corrected chi connectivity index (χ1v) is 6.88. The van der Waals surface area contributed by atoms with Crippen LogP contribution in [-0.4, -0.2) is 33.2 Å². The van der Waals surface area contributed by atoms with Gasteiger partial charge >= 0.3 is 0 Å². The van der Waals surface area contributed by atoms with E-state index in [1.165, 1.54) is 18.5 Å². The Morgan fingerprint density at radius 2 is 1.96 bits per heavy atom. The molecule has 0 aliphatic rings. The fourth-order valence-electron chi connectivity index (χ4n) is 1.86. The highest BCUT2D eigenvalue weighted by molar-refractivity contribution is 6.05. The lowest BCUT2D eigenvalue weighted by atomic mass is 10.2. The Balaban J connectivity index is 1.70. The van der Waals surface area contributed by atoms with Gasteiger partial charge in [-0.25, -0.2) is 4.98 Å². The van der Waals surface area contributed by atoms with Gasteiger partial charge in [0, 0.05) is 12.1 Å². The standard InChI is InChI=1S/C16H13N3O5/c1-22-10-2-4-11(5-3-10)23-15-7-6-14(24-15)12(20)8-13(21)16-17-9-18-19-16/h2-9,21H,1H3,(H,17,18,19). The Labute approximate surface area is 136 Å². The van der Waals surface area contributed by atoms with Gasteiger partial charge in [0.25, 0.3) is 5.95 Å². The van der Waals surface area contributed by atoms with E-state index in [0.29, 0.717) is 11.5 Å². The maximum atomic E-state index is 12.0. The van der Waals surface area contributed by atoms with Gasteiger partial charge in [-0.3, -0.25) is 9.89 Å². The Bertz CT molecular complexity index is 850. The van der Waals surface area contributed by atoms with Crippen LogP contribution in [0.3, 0.4) is 0 Å². The van der Waals surface area contributed by atoms with Gasteiger partial charge < -0.3 is 19.0 Å². The van der Waals surface area contributed by atoms with E-state index >= 15 is 0 Å². The number of rotatable bonds is 6. The molecule has 0 spiro atoms. The molecule has 122 valence electrons. The van der Waals surface area contributed by atoms with Crippen molar-refractivity contribution in [3.05, 3.63) is 60.4 Å². The predicted molar refractivity (Wildman–Crippen MR) is 83.1 cm³/mol. The van der Waals surface area contributed by atoms with Gasteiger partial charge in [-0.15, -0.1) is 0 Å². The summed E-state index contributed by atoms with van der Waals surface area (Å²) < 4.78 is 15.9. The van der Waals surface area contributed by atoms with Crippen LogP contribution < -0.4 is 9.47 Å². The van der Waals surface area contributed by atoms with Crippen LogP contribution in [0, 0.1) is 0 Å². The van der Waals surface area contributed by atoms with Gasteiger partial charge in [0.05, 0.1) is 7.11 Å². The van der Waals surface area contributed by atoms with Gasteiger partial charge in [0.15, 0.2) is 17.3 Å². The molecule has 0 saturated heterocycles. The molecule has 0 aliphatic heterocycles. The zero-order valence-corrected chi connectivity index (χ0v) is 12.6. The molecular formula is C16H13N3O5. The number of carbonyl (C=O) groups is 1. The Hall–Kier alpha value is -3.55. The first-order valence-electron chi connectivity index (χ1n) is 6.88. The number of aliphatic hydroxyl groups is 1. The summed E-state index contributed by atoms with van der Waals surface area (Å²) in [5, 5.41) is 15.8. The van der Waals surface area contributed by atoms with E-state index in [1.54, 1.807) is 31.4 Å². The summed E-state index contributed by atoms with van der Waals surface area (Å²) in [6.07, 6.45) is 2.20. The second kappa shape index (κ2) is 6.69. The number of carbonyl (C=O) groups excluding carboxylic acids is 1. The van der Waals surface area contributed by atoms with Crippen LogP contribution in [0.15, 0.2) is 53.2 Å². The number of nitrogens with one attached hydrogen (secondary N) is 1. The van der Waals surface area contributed by atoms with Crippen LogP contribution in [0.4, 0.5) is 0 Å². The van der Waals surface area contributed by atoms with Crippen molar-refractivity contribution in [2.24, 2.45) is 0 Å². The van der Waals surface area contributed by atoms with E-state index in [2.05, 4.69) is 15.2 Å². The summed E-state index contributed by atoms with van der Waals surface area (Å²) in [5.74, 6) is 0.611. The average molecular weight is 327 g/mol. The molecule has 2 heterocycles. The number of aliphatic hydroxyl groups excluding tert-OH is 1. The summed E-state index contributed by atoms with van der Waals surface area (Å²) in [5.41, 5.74) is 0. The van der Waals surface area contributed by atoms with Crippen molar-refractivity contribution in [2.45, 2.75) is 0 Å². The minimum atomic E-state index is -0.534. The minimum Gasteiger partial charge on any atom is -0.504 e. The van der Waals surface area contributed by atoms with Gasteiger partial charge in [-0.05, 0) is 30.3 Å². The summed E-state index contributed by atoms with van der Waals surface area (Å²) >= 11 is 0. The number of methoxy groups -OCH3 is 1. The number of allylic oxidation sites excluding steroid dienone is 1. The number of ketones is 1. The number of ether oxygens (including phenoxy) is 2. The van der Waals surface area contributed by atoms with E-state index in [-0.39, 0.29) is 23.3 Å². The molecule has 24 heavy (non-hydrogen) atoms. The highest BCUT2D eigenvalue weighted by atomic mass is 16.6. The van der Waals surface area contributed by atoms with Crippen molar-refractivity contribution < 1.29 is 23.8 Å². The van der Waals surface area contributed by atoms with Crippen molar-refractivity contribution in [3.8, 4) is 17.4 Å². The van der Waals surface area contributed by atoms with Crippen molar-refractivity contribution in [1.29, 1.82) is 0 Å². The molecule has 1 aromatic carbocycles. The number of nitrogens with zero attached hydrogens (tertiary/aromatic N) is 2. The van der Waals surface area contributed by atoms with Crippen molar-refractivity contribution in [1.82, 2.24) is 15.2 Å². The number of H-pyrrole nitrogens is 1. The number of hydrogen-bond acceptors (Lipinski definition) is 7. The third kappa shape index (κ3) is 3.43. The van der Waals surface area contributed by atoms with E-state index < -0.39 is 5.78 Å². The summed E-state index contributed by atoms with van der Waals surface area (Å²) in [6, 6.07) is 9.85. The molecule has 0 atom stereocenters. The number of aromatic nitrogens is 3. The SMILES string of the molecule is COc1ccc(Oc2ccc(C(=O)C=C(O)c3ncn[nH]3)o2)cc1. The van der Waals surface area contributed by atoms with Gasteiger partial charge in [-0.1, -0.05) is 0 Å². The molecular weight excluding hydrogens is 314 g/mol. The largest absolute Gasteiger partial charge is 0.504 e. The quantitative estimate of drug-likeness (QED) is 0.407. The molecule has 0 saturated carbocycles. The van der Waals surface area contributed by atoms with E-state index in [4.69, 9.17) is 13.9 Å². The van der Waals surface area contributed by atoms with Crippen molar-refractivity contribution in [2.75, 3.05) is 7.11 Å². The molecule has 2 N–H and O–H groups in total. The van der Waals surface area contributed by atoms with Crippen LogP contribution in [0.2, 0.25) is 0 Å². The third-order valence-electron chi connectivity index (χ3n) is 3.03. The first-order chi connectivity index (χ1) is 11.7. The molecule has 3 rings (SSSR count). The number of furan rings is 1. The van der Waals surface area contributed by atoms with Gasteiger partial charge in [0.2, 0.25) is 5.78 Å². The lowest BCUT2D eigenvalue weighted by molar-refractivity contribution is 0.101. The van der Waals surface area contributed by atoms with Crippen LogP contribution in [0.5, 0.6) is 17.4 Å². The van der Waals surface area contributed by atoms with E-state index in [0.717, 1.165) is 6.08 Å². The summed E-state index contributed by atoms with van der Waals surface area (Å²) in [7, 11) is 1.57. The third-order valence-corrected chi connectivity index (χ3v) is 3.03. The number of benzene rings is 1. The van der Waals surface area contributed by atoms with Crippen LogP contribution >= 0.6 is 0 Å². The molecule has 8 heteroatoms. The predicted octanol–water partition coefficient (Wildman–Crippen LogP) is 2.98. The lowest BCUT2D eigenvalue weighted by Gasteiger charge is -2.03. The normalized spacial score (nSPS) is 11.3. The van der Waals surface area contributed by atoms with Crippen molar-refractivity contribution >= 4 is 11.5 Å². The molecule has 0 amide bonds. The molecule has 2 aromatic heterocycles. The molecule has 3 aromatic rings. The summed E-state index contributed by atoms with van der Waals surface area (Å²) in [4.78, 5) is 15.8. The zero-order valence-electron chi connectivity index (χ0n) is 12.6. The van der Waals surface area contributed by atoms with Crippen molar-refractivity contribution in [3.63, 3.8) is 0 Å². The molecule has 0 unspecified atom stereocenters. The first kappa shape index (κ1) is 15.3. The smallest absolute Gasteiger partial charge is 0.290 e. The topological polar surface area (TPSA) is 110 Å².